The maximum absolute atomic E-state index is 6.50. The van der Waals surface area contributed by atoms with E-state index < -0.39 is 0 Å². The van der Waals surface area contributed by atoms with Crippen molar-refractivity contribution in [3.63, 3.8) is 0 Å². The summed E-state index contributed by atoms with van der Waals surface area (Å²) in [6, 6.07) is 8.58. The van der Waals surface area contributed by atoms with Gasteiger partial charge in [0.25, 0.3) is 0 Å². The zero-order chi connectivity index (χ0) is 15.0. The van der Waals surface area contributed by atoms with E-state index in [0.717, 1.165) is 23.1 Å². The highest BCUT2D eigenvalue weighted by atomic mass is 32.2. The monoisotopic (exact) mass is 321 g/mol. The number of aryl methyl sites for hydroxylation is 1. The van der Waals surface area contributed by atoms with E-state index >= 15 is 0 Å². The van der Waals surface area contributed by atoms with E-state index in [2.05, 4.69) is 66.7 Å². The molecular weight excluding hydrogens is 298 g/mol. The Morgan fingerprint density at radius 1 is 1.33 bits per heavy atom. The Morgan fingerprint density at radius 2 is 2.10 bits per heavy atom. The zero-order valence-electron chi connectivity index (χ0n) is 12.8. The van der Waals surface area contributed by atoms with Crippen LogP contribution in [0, 0.1) is 0 Å². The van der Waals surface area contributed by atoms with Gasteiger partial charge in [-0.3, -0.25) is 4.68 Å². The lowest BCUT2D eigenvalue weighted by Crippen LogP contribution is -2.41. The molecule has 4 atom stereocenters. The first-order valence-corrected chi connectivity index (χ1v) is 9.48. The molecule has 1 aliphatic heterocycles. The molecule has 3 nitrogen and oxygen atoms in total. The molecule has 1 aromatic heterocycles. The molecule has 0 spiro atoms. The van der Waals surface area contributed by atoms with Crippen LogP contribution >= 0.6 is 23.5 Å². The fourth-order valence-corrected chi connectivity index (χ4v) is 5.89. The van der Waals surface area contributed by atoms with Crippen molar-refractivity contribution in [2.45, 2.75) is 42.1 Å². The summed E-state index contributed by atoms with van der Waals surface area (Å²) in [7, 11) is 2.01. The SMILES string of the molecule is CC1SCC(C(N)Cc2nn(C)c3ccccc23)SC1C. The summed E-state index contributed by atoms with van der Waals surface area (Å²) in [6.45, 7) is 4.63. The van der Waals surface area contributed by atoms with E-state index in [1.54, 1.807) is 0 Å². The van der Waals surface area contributed by atoms with Gasteiger partial charge in [-0.2, -0.15) is 28.6 Å². The predicted octanol–water partition coefficient (Wildman–Crippen LogP) is 3.07. The lowest BCUT2D eigenvalue weighted by Gasteiger charge is -2.34. The molecule has 1 aromatic carbocycles. The second kappa shape index (κ2) is 6.23. The number of aromatic nitrogens is 2. The minimum atomic E-state index is 0.177. The highest BCUT2D eigenvalue weighted by molar-refractivity contribution is 8.07. The van der Waals surface area contributed by atoms with Crippen molar-refractivity contribution < 1.29 is 0 Å². The molecule has 1 aliphatic rings. The number of rotatable bonds is 3. The van der Waals surface area contributed by atoms with Gasteiger partial charge in [0.2, 0.25) is 0 Å². The molecule has 0 saturated carbocycles. The van der Waals surface area contributed by atoms with E-state index in [0.29, 0.717) is 10.5 Å². The van der Waals surface area contributed by atoms with E-state index in [-0.39, 0.29) is 6.04 Å². The zero-order valence-corrected chi connectivity index (χ0v) is 14.5. The number of fused-ring (bicyclic) bond motifs is 1. The van der Waals surface area contributed by atoms with Gasteiger partial charge in [0.15, 0.2) is 0 Å². The number of thioether (sulfide) groups is 2. The van der Waals surface area contributed by atoms with Gasteiger partial charge >= 0.3 is 0 Å². The van der Waals surface area contributed by atoms with Crippen molar-refractivity contribution in [2.24, 2.45) is 12.8 Å². The summed E-state index contributed by atoms with van der Waals surface area (Å²) >= 11 is 4.11. The summed E-state index contributed by atoms with van der Waals surface area (Å²) in [5, 5.41) is 7.86. The smallest absolute Gasteiger partial charge is 0.0719 e. The minimum absolute atomic E-state index is 0.177. The number of hydrogen-bond donors (Lipinski definition) is 1. The number of nitrogens with zero attached hydrogens (tertiary/aromatic N) is 2. The fourth-order valence-electron chi connectivity index (χ4n) is 2.83. The Kier molecular flexibility index (Phi) is 4.52. The molecule has 0 aliphatic carbocycles. The lowest BCUT2D eigenvalue weighted by atomic mass is 10.1. The summed E-state index contributed by atoms with van der Waals surface area (Å²) in [5.41, 5.74) is 8.83. The maximum Gasteiger partial charge on any atom is 0.0719 e. The van der Waals surface area contributed by atoms with Crippen LogP contribution in [0.4, 0.5) is 0 Å². The maximum atomic E-state index is 6.50. The van der Waals surface area contributed by atoms with Gasteiger partial charge in [-0.05, 0) is 6.07 Å². The van der Waals surface area contributed by atoms with Crippen molar-refractivity contribution in [3.8, 4) is 0 Å². The topological polar surface area (TPSA) is 43.8 Å². The van der Waals surface area contributed by atoms with Gasteiger partial charge < -0.3 is 5.73 Å². The molecule has 2 N–H and O–H groups in total. The molecule has 0 amide bonds. The molecule has 1 fully saturated rings. The number of nitrogens with two attached hydrogens (primary N) is 1. The number of hydrogen-bond acceptors (Lipinski definition) is 4. The van der Waals surface area contributed by atoms with Crippen molar-refractivity contribution in [1.29, 1.82) is 0 Å². The lowest BCUT2D eigenvalue weighted by molar-refractivity contribution is 0.637. The summed E-state index contributed by atoms with van der Waals surface area (Å²) in [4.78, 5) is 0. The van der Waals surface area contributed by atoms with Crippen molar-refractivity contribution in [2.75, 3.05) is 5.75 Å². The Hall–Kier alpha value is -0.650. The second-order valence-corrected chi connectivity index (χ2v) is 8.91. The first kappa shape index (κ1) is 15.3. The molecule has 114 valence electrons. The van der Waals surface area contributed by atoms with Crippen LogP contribution in [0.1, 0.15) is 19.5 Å². The second-order valence-electron chi connectivity index (χ2n) is 5.87. The van der Waals surface area contributed by atoms with E-state index in [9.17, 15) is 0 Å². The molecule has 0 radical (unpaired) electrons. The first-order valence-electron chi connectivity index (χ1n) is 7.49. The van der Waals surface area contributed by atoms with E-state index in [1.807, 2.05) is 11.7 Å². The molecule has 2 heterocycles. The molecule has 2 aromatic rings. The van der Waals surface area contributed by atoms with E-state index in [1.165, 1.54) is 10.9 Å². The van der Waals surface area contributed by atoms with Crippen LogP contribution in [-0.2, 0) is 13.5 Å². The molecule has 21 heavy (non-hydrogen) atoms. The summed E-state index contributed by atoms with van der Waals surface area (Å²) < 4.78 is 1.96. The van der Waals surface area contributed by atoms with Crippen LogP contribution in [0.15, 0.2) is 24.3 Å². The Balaban J connectivity index is 1.76. The highest BCUT2D eigenvalue weighted by Crippen LogP contribution is 2.37. The normalized spacial score (nSPS) is 27.9. The molecule has 5 heteroatoms. The number of benzene rings is 1. The van der Waals surface area contributed by atoms with Gasteiger partial charge in [-0.25, -0.2) is 0 Å². The van der Waals surface area contributed by atoms with E-state index in [4.69, 9.17) is 5.73 Å². The third kappa shape index (κ3) is 3.10. The summed E-state index contributed by atoms with van der Waals surface area (Å²) in [5.74, 6) is 1.15. The van der Waals surface area contributed by atoms with Gasteiger partial charge in [0, 0.05) is 46.4 Å². The molecule has 4 unspecified atom stereocenters. The van der Waals surface area contributed by atoms with Crippen LogP contribution in [0.3, 0.4) is 0 Å². The van der Waals surface area contributed by atoms with Gasteiger partial charge in [0.1, 0.15) is 0 Å². The summed E-state index contributed by atoms with van der Waals surface area (Å²) in [6.07, 6.45) is 0.862. The van der Waals surface area contributed by atoms with Crippen LogP contribution in [0.5, 0.6) is 0 Å². The average Bonchev–Trinajstić information content (AvgIpc) is 2.79. The quantitative estimate of drug-likeness (QED) is 0.943. The van der Waals surface area contributed by atoms with Gasteiger partial charge in [-0.15, -0.1) is 0 Å². The van der Waals surface area contributed by atoms with Crippen molar-refractivity contribution >= 4 is 34.4 Å². The largest absolute Gasteiger partial charge is 0.326 e. The third-order valence-corrected chi connectivity index (χ3v) is 7.89. The Labute approximate surface area is 135 Å². The van der Waals surface area contributed by atoms with Crippen LogP contribution in [0.2, 0.25) is 0 Å². The standard InChI is InChI=1S/C16H23N3S2/c1-10-11(2)21-16(9-20-10)13(17)8-14-12-6-4-5-7-15(12)19(3)18-14/h4-7,10-11,13,16H,8-9,17H2,1-3H3. The predicted molar refractivity (Wildman–Crippen MR) is 95.2 cm³/mol. The minimum Gasteiger partial charge on any atom is -0.326 e. The molecule has 1 saturated heterocycles. The molecule has 3 rings (SSSR count). The van der Waals surface area contributed by atoms with Crippen LogP contribution in [-0.4, -0.2) is 37.3 Å². The van der Waals surface area contributed by atoms with Crippen molar-refractivity contribution in [1.82, 2.24) is 9.78 Å². The molecular formula is C16H23N3S2. The van der Waals surface area contributed by atoms with Crippen molar-refractivity contribution in [3.05, 3.63) is 30.0 Å². The van der Waals surface area contributed by atoms with Crippen LogP contribution < -0.4 is 5.73 Å². The van der Waals surface area contributed by atoms with Crippen LogP contribution in [0.25, 0.3) is 10.9 Å². The third-order valence-electron chi connectivity index (χ3n) is 4.31. The Morgan fingerprint density at radius 3 is 2.86 bits per heavy atom. The highest BCUT2D eigenvalue weighted by Gasteiger charge is 2.30. The average molecular weight is 322 g/mol. The molecule has 0 bridgehead atoms. The van der Waals surface area contributed by atoms with Gasteiger partial charge in [-0.1, -0.05) is 32.0 Å². The number of para-hydroxylation sites is 1. The first-order chi connectivity index (χ1) is 10.1. The van der Waals surface area contributed by atoms with Gasteiger partial charge in [0.05, 0.1) is 11.2 Å². The Bertz CT molecular complexity index is 625. The fraction of sp³-hybridized carbons (Fsp3) is 0.562.